The zero-order valence-electron chi connectivity index (χ0n) is 14.3. The van der Waals surface area contributed by atoms with Crippen LogP contribution in [0.1, 0.15) is 18.1 Å². The third kappa shape index (κ3) is 5.60. The zero-order chi connectivity index (χ0) is 18.4. The van der Waals surface area contributed by atoms with Crippen molar-refractivity contribution >= 4 is 29.3 Å². The zero-order valence-corrected chi connectivity index (χ0v) is 15.2. The third-order valence-electron chi connectivity index (χ3n) is 3.51. The number of halogens is 1. The second-order valence-corrected chi connectivity index (χ2v) is 6.68. The van der Waals surface area contributed by atoms with E-state index in [0.717, 1.165) is 22.9 Å². The van der Waals surface area contributed by atoms with Gasteiger partial charge in [0.25, 0.3) is 5.91 Å². The highest BCUT2D eigenvalue weighted by atomic mass is 32.2. The lowest BCUT2D eigenvalue weighted by molar-refractivity contribution is -0.150. The van der Waals surface area contributed by atoms with Gasteiger partial charge in [-0.1, -0.05) is 24.3 Å². The third-order valence-corrected chi connectivity index (χ3v) is 4.53. The van der Waals surface area contributed by atoms with Crippen LogP contribution in [0.5, 0.6) is 0 Å². The molecular weight excluding hydrogens is 341 g/mol. The number of benzene rings is 2. The van der Waals surface area contributed by atoms with E-state index in [0.29, 0.717) is 10.6 Å². The smallest absolute Gasteiger partial charge is 0.317 e. The number of nitrogens with one attached hydrogen (secondary N) is 1. The number of anilines is 1. The number of esters is 1. The maximum Gasteiger partial charge on any atom is 0.317 e. The van der Waals surface area contributed by atoms with Gasteiger partial charge in [-0.3, -0.25) is 9.59 Å². The first-order valence-electron chi connectivity index (χ1n) is 7.81. The fraction of sp³-hybridized carbons (Fsp3) is 0.263. The highest BCUT2D eigenvalue weighted by Gasteiger charge is 2.19. The van der Waals surface area contributed by atoms with Crippen LogP contribution in [0, 0.1) is 19.7 Å². The predicted octanol–water partition coefficient (Wildman–Crippen LogP) is 4.11. The molecule has 4 nitrogen and oxygen atoms in total. The van der Waals surface area contributed by atoms with Crippen molar-refractivity contribution in [1.29, 1.82) is 0 Å². The normalized spacial score (nSPS) is 11.7. The number of carbonyl (C=O) groups is 2. The lowest BCUT2D eigenvalue weighted by Gasteiger charge is -2.15. The number of aryl methyl sites for hydroxylation is 2. The Hall–Kier alpha value is -2.34. The van der Waals surface area contributed by atoms with Gasteiger partial charge >= 0.3 is 5.97 Å². The van der Waals surface area contributed by atoms with E-state index >= 15 is 0 Å². The van der Waals surface area contributed by atoms with E-state index in [1.807, 2.05) is 32.0 Å². The molecule has 0 aromatic heterocycles. The SMILES string of the molecule is Cc1ccc(C)c(NC(=O)[C@H](C)OC(=O)CSc2ccccc2F)c1. The van der Waals surface area contributed by atoms with Crippen LogP contribution in [0.3, 0.4) is 0 Å². The van der Waals surface area contributed by atoms with E-state index in [1.165, 1.54) is 13.0 Å². The van der Waals surface area contributed by atoms with Crippen molar-refractivity contribution < 1.29 is 18.7 Å². The standard InChI is InChI=1S/C19H20FNO3S/c1-12-8-9-13(2)16(10-12)21-19(23)14(3)24-18(22)11-25-17-7-5-4-6-15(17)20/h4-10,14H,11H2,1-3H3,(H,21,23)/t14-/m0/s1. The molecule has 0 radical (unpaired) electrons. The van der Waals surface area contributed by atoms with E-state index in [9.17, 15) is 14.0 Å². The van der Waals surface area contributed by atoms with E-state index in [2.05, 4.69) is 5.32 Å². The van der Waals surface area contributed by atoms with E-state index in [-0.39, 0.29) is 11.6 Å². The second kappa shape index (κ2) is 8.67. The largest absolute Gasteiger partial charge is 0.452 e. The van der Waals surface area contributed by atoms with Gasteiger partial charge in [-0.05, 0) is 50.1 Å². The Morgan fingerprint density at radius 1 is 1.20 bits per heavy atom. The van der Waals surface area contributed by atoms with Crippen molar-refractivity contribution in [2.75, 3.05) is 11.1 Å². The minimum atomic E-state index is -0.936. The molecule has 0 heterocycles. The van der Waals surface area contributed by atoms with Crippen molar-refractivity contribution in [2.24, 2.45) is 0 Å². The molecule has 2 aromatic carbocycles. The van der Waals surface area contributed by atoms with Crippen molar-refractivity contribution in [3.05, 3.63) is 59.4 Å². The van der Waals surface area contributed by atoms with Gasteiger partial charge in [0.05, 0.1) is 5.75 Å². The van der Waals surface area contributed by atoms with Crippen molar-refractivity contribution in [3.8, 4) is 0 Å². The summed E-state index contributed by atoms with van der Waals surface area (Å²) in [6.07, 6.45) is -0.936. The van der Waals surface area contributed by atoms with Gasteiger partial charge in [-0.15, -0.1) is 11.8 Å². The molecule has 0 fully saturated rings. The van der Waals surface area contributed by atoms with Gasteiger partial charge in [0.2, 0.25) is 0 Å². The number of ether oxygens (including phenoxy) is 1. The lowest BCUT2D eigenvalue weighted by Crippen LogP contribution is -2.30. The maximum atomic E-state index is 13.5. The lowest BCUT2D eigenvalue weighted by atomic mass is 10.1. The number of amides is 1. The Labute approximate surface area is 150 Å². The van der Waals surface area contributed by atoms with Crippen molar-refractivity contribution in [3.63, 3.8) is 0 Å². The number of hydrogen-bond donors (Lipinski definition) is 1. The van der Waals surface area contributed by atoms with Crippen LogP contribution in [0.4, 0.5) is 10.1 Å². The topological polar surface area (TPSA) is 55.4 Å². The molecule has 1 N–H and O–H groups in total. The Morgan fingerprint density at radius 3 is 2.64 bits per heavy atom. The molecule has 1 atom stereocenters. The van der Waals surface area contributed by atoms with Gasteiger partial charge in [0.1, 0.15) is 5.82 Å². The van der Waals surface area contributed by atoms with Gasteiger partial charge in [-0.25, -0.2) is 4.39 Å². The minimum absolute atomic E-state index is 0.0674. The van der Waals surface area contributed by atoms with Gasteiger partial charge in [0, 0.05) is 10.6 Å². The monoisotopic (exact) mass is 361 g/mol. The van der Waals surface area contributed by atoms with E-state index < -0.39 is 18.0 Å². The van der Waals surface area contributed by atoms with Crippen LogP contribution in [-0.4, -0.2) is 23.7 Å². The maximum absolute atomic E-state index is 13.5. The number of rotatable bonds is 6. The first-order valence-corrected chi connectivity index (χ1v) is 8.80. The van der Waals surface area contributed by atoms with Crippen LogP contribution >= 0.6 is 11.8 Å². The van der Waals surface area contributed by atoms with Crippen LogP contribution in [0.25, 0.3) is 0 Å². The highest BCUT2D eigenvalue weighted by molar-refractivity contribution is 8.00. The summed E-state index contributed by atoms with van der Waals surface area (Å²) in [6, 6.07) is 11.9. The summed E-state index contributed by atoms with van der Waals surface area (Å²) in [5.74, 6) is -1.43. The predicted molar refractivity (Wildman–Crippen MR) is 97.2 cm³/mol. The number of carbonyl (C=O) groups excluding carboxylic acids is 2. The summed E-state index contributed by atoms with van der Waals surface area (Å²) in [6.45, 7) is 5.32. The van der Waals surface area contributed by atoms with Gasteiger partial charge in [-0.2, -0.15) is 0 Å². The Morgan fingerprint density at radius 2 is 1.92 bits per heavy atom. The molecule has 25 heavy (non-hydrogen) atoms. The van der Waals surface area contributed by atoms with Crippen LogP contribution < -0.4 is 5.32 Å². The molecule has 132 valence electrons. The Kier molecular flexibility index (Phi) is 6.58. The van der Waals surface area contributed by atoms with Crippen LogP contribution in [-0.2, 0) is 14.3 Å². The van der Waals surface area contributed by atoms with Crippen LogP contribution in [0.2, 0.25) is 0 Å². The van der Waals surface area contributed by atoms with Crippen LogP contribution in [0.15, 0.2) is 47.4 Å². The minimum Gasteiger partial charge on any atom is -0.452 e. The molecular formula is C19H20FNO3S. The molecule has 0 saturated carbocycles. The molecule has 0 aliphatic heterocycles. The van der Waals surface area contributed by atoms with E-state index in [4.69, 9.17) is 4.74 Å². The summed E-state index contributed by atoms with van der Waals surface area (Å²) in [7, 11) is 0. The number of thioether (sulfide) groups is 1. The Bertz CT molecular complexity index is 779. The summed E-state index contributed by atoms with van der Waals surface area (Å²) in [5, 5.41) is 2.76. The average molecular weight is 361 g/mol. The van der Waals surface area contributed by atoms with Gasteiger partial charge in [0.15, 0.2) is 6.10 Å². The fourth-order valence-electron chi connectivity index (χ4n) is 2.09. The summed E-state index contributed by atoms with van der Waals surface area (Å²) in [5.41, 5.74) is 2.63. The molecule has 0 aliphatic rings. The van der Waals surface area contributed by atoms with Crippen molar-refractivity contribution in [2.45, 2.75) is 31.8 Å². The van der Waals surface area contributed by atoms with Gasteiger partial charge < -0.3 is 10.1 Å². The van der Waals surface area contributed by atoms with Crippen molar-refractivity contribution in [1.82, 2.24) is 0 Å². The Balaban J connectivity index is 1.87. The molecule has 0 spiro atoms. The highest BCUT2D eigenvalue weighted by Crippen LogP contribution is 2.21. The van der Waals surface area contributed by atoms with E-state index in [1.54, 1.807) is 18.2 Å². The number of hydrogen-bond acceptors (Lipinski definition) is 4. The summed E-state index contributed by atoms with van der Waals surface area (Å²) >= 11 is 1.04. The summed E-state index contributed by atoms with van der Waals surface area (Å²) in [4.78, 5) is 24.4. The first-order chi connectivity index (χ1) is 11.9. The fourth-order valence-corrected chi connectivity index (χ4v) is 2.81. The molecule has 0 bridgehead atoms. The molecule has 6 heteroatoms. The summed E-state index contributed by atoms with van der Waals surface area (Å²) < 4.78 is 18.6. The molecule has 2 rings (SSSR count). The molecule has 0 saturated heterocycles. The average Bonchev–Trinajstić information content (AvgIpc) is 2.57. The molecule has 0 aliphatic carbocycles. The molecule has 0 unspecified atom stereocenters. The quantitative estimate of drug-likeness (QED) is 0.622. The molecule has 2 aromatic rings. The molecule has 1 amide bonds. The first kappa shape index (κ1) is 19.0. The second-order valence-electron chi connectivity index (χ2n) is 5.66.